The number of hydrogen-bond donors (Lipinski definition) is 1. The molecule has 0 fully saturated rings. The van der Waals surface area contributed by atoms with E-state index in [0.717, 1.165) is 0 Å². The number of rotatable bonds is 3. The van der Waals surface area contributed by atoms with Crippen molar-refractivity contribution in [3.63, 3.8) is 0 Å². The summed E-state index contributed by atoms with van der Waals surface area (Å²) in [7, 11) is 0. The third kappa shape index (κ3) is 2.62. The predicted molar refractivity (Wildman–Crippen MR) is 73.5 cm³/mol. The van der Waals surface area contributed by atoms with E-state index >= 15 is 0 Å². The SMILES string of the molecule is O=C(Nc1ccccc1-n1ccnn1)c1cccnc1F. The Morgan fingerprint density at radius 2 is 2.00 bits per heavy atom. The van der Waals surface area contributed by atoms with Crippen LogP contribution in [0.1, 0.15) is 10.4 Å². The first kappa shape index (κ1) is 12.9. The molecule has 1 aromatic carbocycles. The van der Waals surface area contributed by atoms with E-state index in [4.69, 9.17) is 0 Å². The monoisotopic (exact) mass is 283 g/mol. The third-order valence-electron chi connectivity index (χ3n) is 2.83. The lowest BCUT2D eigenvalue weighted by Crippen LogP contribution is -2.16. The number of para-hydroxylation sites is 2. The van der Waals surface area contributed by atoms with Crippen LogP contribution in [0.4, 0.5) is 10.1 Å². The number of pyridine rings is 1. The van der Waals surface area contributed by atoms with E-state index in [9.17, 15) is 9.18 Å². The first-order valence-electron chi connectivity index (χ1n) is 6.13. The Labute approximate surface area is 119 Å². The van der Waals surface area contributed by atoms with Gasteiger partial charge in [-0.2, -0.15) is 4.39 Å². The summed E-state index contributed by atoms with van der Waals surface area (Å²) in [5, 5.41) is 10.2. The molecular formula is C14H10FN5O. The minimum absolute atomic E-state index is 0.120. The third-order valence-corrected chi connectivity index (χ3v) is 2.83. The number of carbonyl (C=O) groups is 1. The molecule has 1 N–H and O–H groups in total. The van der Waals surface area contributed by atoms with Crippen molar-refractivity contribution in [2.45, 2.75) is 0 Å². The van der Waals surface area contributed by atoms with Crippen LogP contribution < -0.4 is 5.32 Å². The van der Waals surface area contributed by atoms with Gasteiger partial charge in [-0.25, -0.2) is 9.67 Å². The number of anilines is 1. The van der Waals surface area contributed by atoms with Crippen molar-refractivity contribution in [2.75, 3.05) is 5.32 Å². The molecule has 104 valence electrons. The standard InChI is InChI=1S/C14H10FN5O/c15-13-10(4-3-7-16-13)14(21)18-11-5-1-2-6-12(11)20-9-8-17-19-20/h1-9H,(H,18,21). The quantitative estimate of drug-likeness (QED) is 0.747. The van der Waals surface area contributed by atoms with Crippen molar-refractivity contribution in [1.29, 1.82) is 0 Å². The van der Waals surface area contributed by atoms with Gasteiger partial charge in [0.2, 0.25) is 5.95 Å². The molecule has 7 heteroatoms. The first-order valence-corrected chi connectivity index (χ1v) is 6.13. The van der Waals surface area contributed by atoms with E-state index in [1.165, 1.54) is 29.2 Å². The van der Waals surface area contributed by atoms with Crippen LogP contribution in [-0.2, 0) is 0 Å². The van der Waals surface area contributed by atoms with Crippen LogP contribution in [0.2, 0.25) is 0 Å². The number of aromatic nitrogens is 4. The van der Waals surface area contributed by atoms with E-state index in [-0.39, 0.29) is 5.56 Å². The van der Waals surface area contributed by atoms with Crippen molar-refractivity contribution in [2.24, 2.45) is 0 Å². The van der Waals surface area contributed by atoms with Crippen LogP contribution in [0.3, 0.4) is 0 Å². The molecule has 0 unspecified atom stereocenters. The number of nitrogens with one attached hydrogen (secondary N) is 1. The number of amides is 1. The lowest BCUT2D eigenvalue weighted by Gasteiger charge is -2.10. The van der Waals surface area contributed by atoms with Crippen molar-refractivity contribution in [3.8, 4) is 5.69 Å². The maximum Gasteiger partial charge on any atom is 0.260 e. The Morgan fingerprint density at radius 3 is 2.76 bits per heavy atom. The normalized spacial score (nSPS) is 10.3. The maximum atomic E-state index is 13.5. The van der Waals surface area contributed by atoms with Gasteiger partial charge in [0.15, 0.2) is 0 Å². The average molecular weight is 283 g/mol. The minimum Gasteiger partial charge on any atom is -0.320 e. The molecule has 21 heavy (non-hydrogen) atoms. The lowest BCUT2D eigenvalue weighted by atomic mass is 10.2. The molecule has 0 aliphatic rings. The van der Waals surface area contributed by atoms with Crippen LogP contribution in [0.15, 0.2) is 55.0 Å². The molecular weight excluding hydrogens is 273 g/mol. The van der Waals surface area contributed by atoms with Crippen molar-refractivity contribution in [3.05, 3.63) is 66.5 Å². The summed E-state index contributed by atoms with van der Waals surface area (Å²) in [6.07, 6.45) is 4.46. The van der Waals surface area contributed by atoms with Gasteiger partial charge in [0.25, 0.3) is 5.91 Å². The van der Waals surface area contributed by atoms with E-state index in [1.54, 1.807) is 30.5 Å². The zero-order valence-electron chi connectivity index (χ0n) is 10.8. The Morgan fingerprint density at radius 1 is 1.14 bits per heavy atom. The molecule has 0 atom stereocenters. The molecule has 0 bridgehead atoms. The highest BCUT2D eigenvalue weighted by Gasteiger charge is 2.14. The molecule has 1 amide bonds. The second-order valence-corrected chi connectivity index (χ2v) is 4.16. The highest BCUT2D eigenvalue weighted by Crippen LogP contribution is 2.19. The second-order valence-electron chi connectivity index (χ2n) is 4.16. The molecule has 2 heterocycles. The lowest BCUT2D eigenvalue weighted by molar-refractivity contribution is 0.102. The highest BCUT2D eigenvalue weighted by molar-refractivity contribution is 6.05. The summed E-state index contributed by atoms with van der Waals surface area (Å²) in [5.74, 6) is -1.39. The van der Waals surface area contributed by atoms with Gasteiger partial charge in [-0.05, 0) is 24.3 Å². The zero-order chi connectivity index (χ0) is 14.7. The Kier molecular flexibility index (Phi) is 3.38. The second kappa shape index (κ2) is 5.49. The Bertz CT molecular complexity index is 773. The summed E-state index contributed by atoms with van der Waals surface area (Å²) < 4.78 is 15.0. The molecule has 3 aromatic rings. The fraction of sp³-hybridized carbons (Fsp3) is 0. The van der Waals surface area contributed by atoms with Gasteiger partial charge < -0.3 is 5.32 Å². The number of carbonyl (C=O) groups excluding carboxylic acids is 1. The van der Waals surface area contributed by atoms with Crippen molar-refractivity contribution >= 4 is 11.6 Å². The van der Waals surface area contributed by atoms with Gasteiger partial charge in [0, 0.05) is 6.20 Å². The molecule has 6 nitrogen and oxygen atoms in total. The van der Waals surface area contributed by atoms with Crippen LogP contribution in [0.25, 0.3) is 5.69 Å². The summed E-state index contributed by atoms with van der Waals surface area (Å²) >= 11 is 0. The molecule has 0 aliphatic heterocycles. The molecule has 0 saturated carbocycles. The summed E-state index contributed by atoms with van der Waals surface area (Å²) in [4.78, 5) is 15.6. The Balaban J connectivity index is 1.93. The van der Waals surface area contributed by atoms with E-state index in [2.05, 4.69) is 20.6 Å². The largest absolute Gasteiger partial charge is 0.320 e. The number of hydrogen-bond acceptors (Lipinski definition) is 4. The van der Waals surface area contributed by atoms with E-state index < -0.39 is 11.9 Å². The predicted octanol–water partition coefficient (Wildman–Crippen LogP) is 2.05. The highest BCUT2D eigenvalue weighted by atomic mass is 19.1. The number of nitrogens with zero attached hydrogens (tertiary/aromatic N) is 4. The van der Waals surface area contributed by atoms with Gasteiger partial charge in [0.1, 0.15) is 0 Å². The summed E-state index contributed by atoms with van der Waals surface area (Å²) in [6.45, 7) is 0. The van der Waals surface area contributed by atoms with E-state index in [0.29, 0.717) is 11.4 Å². The fourth-order valence-corrected chi connectivity index (χ4v) is 1.86. The topological polar surface area (TPSA) is 72.7 Å². The van der Waals surface area contributed by atoms with Crippen LogP contribution in [0.5, 0.6) is 0 Å². The molecule has 3 rings (SSSR count). The van der Waals surface area contributed by atoms with Gasteiger partial charge in [-0.1, -0.05) is 17.3 Å². The first-order chi connectivity index (χ1) is 10.3. The smallest absolute Gasteiger partial charge is 0.260 e. The number of benzene rings is 1. The molecule has 0 radical (unpaired) electrons. The summed E-state index contributed by atoms with van der Waals surface area (Å²) in [5.41, 5.74) is 1.01. The molecule has 2 aromatic heterocycles. The van der Waals surface area contributed by atoms with Crippen molar-refractivity contribution in [1.82, 2.24) is 20.0 Å². The van der Waals surface area contributed by atoms with Gasteiger partial charge >= 0.3 is 0 Å². The van der Waals surface area contributed by atoms with Crippen LogP contribution in [0, 0.1) is 5.95 Å². The van der Waals surface area contributed by atoms with E-state index in [1.807, 2.05) is 0 Å². The van der Waals surface area contributed by atoms with Gasteiger partial charge in [0.05, 0.1) is 29.3 Å². The molecule has 0 aliphatic carbocycles. The van der Waals surface area contributed by atoms with Gasteiger partial charge in [-0.15, -0.1) is 5.10 Å². The van der Waals surface area contributed by atoms with Gasteiger partial charge in [-0.3, -0.25) is 4.79 Å². The maximum absolute atomic E-state index is 13.5. The number of halogens is 1. The zero-order valence-corrected chi connectivity index (χ0v) is 10.8. The molecule has 0 spiro atoms. The molecule has 0 saturated heterocycles. The fourth-order valence-electron chi connectivity index (χ4n) is 1.86. The minimum atomic E-state index is -0.812. The van der Waals surface area contributed by atoms with Crippen molar-refractivity contribution < 1.29 is 9.18 Å². The van der Waals surface area contributed by atoms with Crippen LogP contribution >= 0.6 is 0 Å². The average Bonchev–Trinajstić information content (AvgIpc) is 3.02. The summed E-state index contributed by atoms with van der Waals surface area (Å²) in [6, 6.07) is 9.90. The Hall–Kier alpha value is -3.09. The van der Waals surface area contributed by atoms with Crippen LogP contribution in [-0.4, -0.2) is 25.9 Å².